The number of aromatic nitrogens is 4. The summed E-state index contributed by atoms with van der Waals surface area (Å²) < 4.78 is 27.9. The number of carbonyl (C=O) groups is 1. The molecule has 1 aromatic heterocycles. The summed E-state index contributed by atoms with van der Waals surface area (Å²) in [5, 5.41) is 34.4. The first kappa shape index (κ1) is 29.0. The van der Waals surface area contributed by atoms with Crippen molar-refractivity contribution in [3.05, 3.63) is 77.9 Å². The van der Waals surface area contributed by atoms with Gasteiger partial charge < -0.3 is 15.1 Å². The number of amides is 1. The molecule has 0 aliphatic carbocycles. The molecule has 0 fully saturated rings. The van der Waals surface area contributed by atoms with Gasteiger partial charge >= 0.3 is 0 Å². The maximum Gasteiger partial charge on any atom is 0.223 e. The zero-order valence-corrected chi connectivity index (χ0v) is 22.7. The van der Waals surface area contributed by atoms with E-state index in [4.69, 9.17) is 0 Å². The first-order valence-corrected chi connectivity index (χ1v) is 13.3. The van der Waals surface area contributed by atoms with E-state index in [0.29, 0.717) is 35.4 Å². The maximum atomic E-state index is 13.9. The van der Waals surface area contributed by atoms with Gasteiger partial charge in [0.05, 0.1) is 6.04 Å². The van der Waals surface area contributed by atoms with Crippen LogP contribution in [0.25, 0.3) is 33.6 Å². The topological polar surface area (TPSA) is 115 Å². The van der Waals surface area contributed by atoms with Gasteiger partial charge in [0.25, 0.3) is 0 Å². The summed E-state index contributed by atoms with van der Waals surface area (Å²) in [6.45, 7) is 5.91. The van der Waals surface area contributed by atoms with Crippen LogP contribution >= 0.6 is 0 Å². The molecule has 0 radical (unpaired) electrons. The minimum Gasteiger partial charge on any atom is -0.366 e. The van der Waals surface area contributed by atoms with Crippen LogP contribution in [-0.2, 0) is 11.3 Å². The second-order valence-corrected chi connectivity index (χ2v) is 10.1. The highest BCUT2D eigenvalue weighted by Crippen LogP contribution is 2.35. The Morgan fingerprint density at radius 1 is 0.925 bits per heavy atom. The van der Waals surface area contributed by atoms with E-state index in [1.165, 1.54) is 12.1 Å². The van der Waals surface area contributed by atoms with E-state index in [1.807, 2.05) is 51.1 Å². The van der Waals surface area contributed by atoms with Gasteiger partial charge in [-0.2, -0.15) is 5.21 Å². The Bertz CT molecular complexity index is 1400. The molecule has 0 aliphatic heterocycles. The molecule has 0 unspecified atom stereocenters. The molecule has 0 bridgehead atoms. The Labute approximate surface area is 231 Å². The van der Waals surface area contributed by atoms with E-state index in [-0.39, 0.29) is 18.4 Å². The number of hydrogen-bond donors (Lipinski definition) is 3. The number of nitrogens with zero attached hydrogens (tertiary/aromatic N) is 4. The van der Waals surface area contributed by atoms with Gasteiger partial charge in [-0.15, -0.1) is 10.2 Å². The second-order valence-electron chi connectivity index (χ2n) is 10.1. The Morgan fingerprint density at radius 3 is 2.17 bits per heavy atom. The number of carbonyl (C=O) groups excluding carboxylic acids is 1. The van der Waals surface area contributed by atoms with E-state index in [0.717, 1.165) is 29.2 Å². The Balaban J connectivity index is 1.70. The fourth-order valence-electron chi connectivity index (χ4n) is 4.84. The van der Waals surface area contributed by atoms with Crippen LogP contribution in [0.2, 0.25) is 0 Å². The molecule has 40 heavy (non-hydrogen) atoms. The van der Waals surface area contributed by atoms with Crippen molar-refractivity contribution in [3.8, 4) is 33.6 Å². The third-order valence-corrected chi connectivity index (χ3v) is 6.83. The molecular formula is C30H33F2N5O3. The number of unbranched alkanes of at least 4 members (excludes halogenated alkanes) is 1. The number of benzene rings is 3. The highest BCUT2D eigenvalue weighted by atomic mass is 19.1. The van der Waals surface area contributed by atoms with Gasteiger partial charge in [-0.25, -0.2) is 8.78 Å². The number of rotatable bonds is 11. The molecule has 10 heteroatoms. The molecule has 0 aliphatic rings. The predicted octanol–water partition coefficient (Wildman–Crippen LogP) is 5.33. The van der Waals surface area contributed by atoms with Crippen LogP contribution < -0.4 is 0 Å². The Morgan fingerprint density at radius 2 is 1.60 bits per heavy atom. The second kappa shape index (κ2) is 12.9. The number of aliphatic hydroxyl groups excluding tert-OH is 1. The Hall–Kier alpha value is -4.02. The van der Waals surface area contributed by atoms with Crippen molar-refractivity contribution in [2.24, 2.45) is 5.92 Å². The van der Waals surface area contributed by atoms with Crippen LogP contribution in [0, 0.1) is 17.6 Å². The smallest absolute Gasteiger partial charge is 0.223 e. The Kier molecular flexibility index (Phi) is 9.34. The number of aliphatic hydroxyl groups is 2. The molecule has 0 spiro atoms. The predicted molar refractivity (Wildman–Crippen MR) is 147 cm³/mol. The average Bonchev–Trinajstić information content (AvgIpc) is 3.45. The number of hydrogen-bond acceptors (Lipinski definition) is 6. The number of aromatic amines is 1. The summed E-state index contributed by atoms with van der Waals surface area (Å²) >= 11 is 0. The summed E-state index contributed by atoms with van der Waals surface area (Å²) in [4.78, 5) is 14.6. The SMILES string of the molecule is CCCCC(=O)N(Cc1ccc(-c2cc(-c3cc(F)cc(F)c3)ccc2-c2nn[nH]n2)cc1)[C@@H](C(C)C)C(O)O. The molecule has 3 N–H and O–H groups in total. The molecule has 3 aromatic carbocycles. The summed E-state index contributed by atoms with van der Waals surface area (Å²) in [6.07, 6.45) is 0.224. The summed E-state index contributed by atoms with van der Waals surface area (Å²) in [6, 6.07) is 15.4. The normalized spacial score (nSPS) is 12.2. The van der Waals surface area contributed by atoms with E-state index in [2.05, 4.69) is 20.6 Å². The van der Waals surface area contributed by atoms with Gasteiger partial charge in [-0.1, -0.05) is 57.5 Å². The standard InChI is InChI=1S/C30H33F2N5O3/c1-4-5-6-27(38)37(28(18(2)3)30(39)40)17-19-7-9-20(10-8-19)26-15-21(22-13-23(31)16-24(32)14-22)11-12-25(26)29-33-35-36-34-29/h7-16,18,28,30,39-40H,4-6,17H2,1-3H3,(H,33,34,35,36)/t28-/m0/s1. The first-order valence-electron chi connectivity index (χ1n) is 13.3. The third-order valence-electron chi connectivity index (χ3n) is 6.83. The van der Waals surface area contributed by atoms with Gasteiger partial charge in [0.1, 0.15) is 11.6 Å². The van der Waals surface area contributed by atoms with E-state index in [1.54, 1.807) is 17.0 Å². The van der Waals surface area contributed by atoms with Crippen LogP contribution in [0.5, 0.6) is 0 Å². The van der Waals surface area contributed by atoms with Crippen LogP contribution in [0.1, 0.15) is 45.6 Å². The molecule has 1 heterocycles. The van der Waals surface area contributed by atoms with Gasteiger partial charge in [0, 0.05) is 24.6 Å². The molecule has 210 valence electrons. The molecule has 1 atom stereocenters. The lowest BCUT2D eigenvalue weighted by Gasteiger charge is -2.36. The van der Waals surface area contributed by atoms with E-state index >= 15 is 0 Å². The summed E-state index contributed by atoms with van der Waals surface area (Å²) in [5.41, 5.74) is 3.98. The highest BCUT2D eigenvalue weighted by molar-refractivity contribution is 5.85. The van der Waals surface area contributed by atoms with Crippen molar-refractivity contribution < 1.29 is 23.8 Å². The number of nitrogens with one attached hydrogen (secondary N) is 1. The van der Waals surface area contributed by atoms with Crippen molar-refractivity contribution in [3.63, 3.8) is 0 Å². The van der Waals surface area contributed by atoms with Gasteiger partial charge in [-0.3, -0.25) is 4.79 Å². The third kappa shape index (κ3) is 6.75. The number of tetrazole rings is 1. The lowest BCUT2D eigenvalue weighted by molar-refractivity contribution is -0.153. The molecule has 1 amide bonds. The number of halogens is 2. The van der Waals surface area contributed by atoms with E-state index < -0.39 is 24.0 Å². The molecular weight excluding hydrogens is 516 g/mol. The van der Waals surface area contributed by atoms with Gasteiger partial charge in [0.2, 0.25) is 11.7 Å². The average molecular weight is 550 g/mol. The maximum absolute atomic E-state index is 13.9. The lowest BCUT2D eigenvalue weighted by Crippen LogP contribution is -2.49. The number of H-pyrrole nitrogens is 1. The van der Waals surface area contributed by atoms with Gasteiger partial charge in [-0.05, 0) is 69.6 Å². The fraction of sp³-hybridized carbons (Fsp3) is 0.333. The largest absolute Gasteiger partial charge is 0.366 e. The minimum absolute atomic E-state index is 0.132. The van der Waals surface area contributed by atoms with Crippen molar-refractivity contribution >= 4 is 5.91 Å². The quantitative estimate of drug-likeness (QED) is 0.218. The zero-order valence-electron chi connectivity index (χ0n) is 22.7. The lowest BCUT2D eigenvalue weighted by atomic mass is 9.93. The fourth-order valence-corrected chi connectivity index (χ4v) is 4.84. The molecule has 0 saturated carbocycles. The van der Waals surface area contributed by atoms with Crippen LogP contribution in [0.4, 0.5) is 8.78 Å². The molecule has 4 aromatic rings. The minimum atomic E-state index is -1.67. The highest BCUT2D eigenvalue weighted by Gasteiger charge is 2.31. The monoisotopic (exact) mass is 549 g/mol. The molecule has 0 saturated heterocycles. The summed E-state index contributed by atoms with van der Waals surface area (Å²) in [7, 11) is 0. The first-order chi connectivity index (χ1) is 19.2. The summed E-state index contributed by atoms with van der Waals surface area (Å²) in [5.74, 6) is -1.28. The van der Waals surface area contributed by atoms with Crippen molar-refractivity contribution in [1.82, 2.24) is 25.5 Å². The molecule has 8 nitrogen and oxygen atoms in total. The van der Waals surface area contributed by atoms with Crippen molar-refractivity contribution in [2.45, 2.75) is 58.9 Å². The zero-order chi connectivity index (χ0) is 28.8. The van der Waals surface area contributed by atoms with E-state index in [9.17, 15) is 23.8 Å². The molecule has 4 rings (SSSR count). The van der Waals surface area contributed by atoms with Crippen molar-refractivity contribution in [1.29, 1.82) is 0 Å². The van der Waals surface area contributed by atoms with Gasteiger partial charge in [0.15, 0.2) is 6.29 Å². The van der Waals surface area contributed by atoms with Crippen LogP contribution in [-0.4, -0.2) is 54.0 Å². The van der Waals surface area contributed by atoms with Crippen LogP contribution in [0.15, 0.2) is 60.7 Å². The van der Waals surface area contributed by atoms with Crippen LogP contribution in [0.3, 0.4) is 0 Å². The van der Waals surface area contributed by atoms with Crippen molar-refractivity contribution in [2.75, 3.05) is 0 Å².